The molecule has 3 N–H and O–H groups in total. The third-order valence-electron chi connectivity index (χ3n) is 2.55. The Morgan fingerprint density at radius 1 is 1.11 bits per heavy atom. The van der Waals surface area contributed by atoms with Gasteiger partial charge in [0.15, 0.2) is 0 Å². The van der Waals surface area contributed by atoms with E-state index in [-0.39, 0.29) is 32.6 Å². The molecule has 0 rings (SSSR count). The Balaban J connectivity index is -0.00000128. The fourth-order valence-corrected chi connectivity index (χ4v) is 1.84. The van der Waals surface area contributed by atoms with Gasteiger partial charge in [0.2, 0.25) is 0 Å². The summed E-state index contributed by atoms with van der Waals surface area (Å²) in [5, 5.41) is 19.0. The molecule has 106 valence electrons. The van der Waals surface area contributed by atoms with E-state index in [9.17, 15) is 18.6 Å². The molecule has 0 radical (unpaired) electrons. The summed E-state index contributed by atoms with van der Waals surface area (Å²) in [5.74, 6) is -0.389. The van der Waals surface area contributed by atoms with Gasteiger partial charge in [0.05, 0.1) is 18.0 Å². The molecule has 8 heteroatoms. The number of nitrogens with zero attached hydrogens (tertiary/aromatic N) is 1. The molecule has 0 aromatic carbocycles. The minimum Gasteiger partial charge on any atom is -1.00 e. The van der Waals surface area contributed by atoms with Crippen LogP contribution in [0.5, 0.6) is 0 Å². The zero-order valence-corrected chi connectivity index (χ0v) is 12.2. The minimum atomic E-state index is -4.01. The Hall–Kier alpha value is 0.387. The van der Waals surface area contributed by atoms with Gasteiger partial charge in [-0.05, 0) is 12.8 Å². The number of aliphatic hydroxyl groups excluding tert-OH is 2. The SMILES string of the molecule is CCC(O)CN(CCS(=O)(=O)O)CC(O)CC.[H-].[Li+]. The van der Waals surface area contributed by atoms with Gasteiger partial charge in [0.1, 0.15) is 0 Å². The Bertz CT molecular complexity index is 292. The molecule has 0 aromatic rings. The average Bonchev–Trinajstić information content (AvgIpc) is 2.24. The van der Waals surface area contributed by atoms with Crippen molar-refractivity contribution >= 4 is 10.1 Å². The van der Waals surface area contributed by atoms with Crippen molar-refractivity contribution in [2.75, 3.05) is 25.4 Å². The largest absolute Gasteiger partial charge is 1.00 e. The second-order valence-corrected chi connectivity index (χ2v) is 5.74. The third-order valence-corrected chi connectivity index (χ3v) is 3.24. The molecule has 0 aliphatic carbocycles. The molecule has 0 bridgehead atoms. The zero-order chi connectivity index (χ0) is 13.5. The predicted octanol–water partition coefficient (Wildman–Crippen LogP) is -3.17. The monoisotopic (exact) mass is 277 g/mol. The van der Waals surface area contributed by atoms with Crippen LogP contribution < -0.4 is 18.9 Å². The quantitative estimate of drug-likeness (QED) is 0.304. The summed E-state index contributed by atoms with van der Waals surface area (Å²) in [4.78, 5) is 1.65. The molecular weight excluding hydrogens is 253 g/mol. The van der Waals surface area contributed by atoms with Crippen LogP contribution in [0, 0.1) is 0 Å². The van der Waals surface area contributed by atoms with Gasteiger partial charge >= 0.3 is 18.9 Å². The van der Waals surface area contributed by atoms with Gasteiger partial charge < -0.3 is 11.6 Å². The molecule has 0 heterocycles. The molecule has 6 nitrogen and oxygen atoms in total. The van der Waals surface area contributed by atoms with E-state index in [1.54, 1.807) is 4.90 Å². The van der Waals surface area contributed by atoms with Crippen LogP contribution in [0.4, 0.5) is 0 Å². The van der Waals surface area contributed by atoms with Crippen molar-refractivity contribution in [3.63, 3.8) is 0 Å². The van der Waals surface area contributed by atoms with Crippen molar-refractivity contribution in [3.05, 3.63) is 0 Å². The first kappa shape index (κ1) is 20.7. The molecule has 0 amide bonds. The van der Waals surface area contributed by atoms with Crippen LogP contribution in [0.25, 0.3) is 0 Å². The van der Waals surface area contributed by atoms with Crippen LogP contribution in [-0.4, -0.2) is 65.7 Å². The summed E-state index contributed by atoms with van der Waals surface area (Å²) in [6.07, 6.45) is 0.00996. The third kappa shape index (κ3) is 11.5. The normalized spacial score (nSPS) is 15.2. The first-order valence-electron chi connectivity index (χ1n) is 5.82. The van der Waals surface area contributed by atoms with E-state index in [0.29, 0.717) is 25.9 Å². The minimum absolute atomic E-state index is 0. The molecule has 0 saturated heterocycles. The molecule has 0 spiro atoms. The van der Waals surface area contributed by atoms with E-state index in [1.165, 1.54) is 0 Å². The van der Waals surface area contributed by atoms with Crippen molar-refractivity contribution in [1.29, 1.82) is 0 Å². The van der Waals surface area contributed by atoms with E-state index >= 15 is 0 Å². The van der Waals surface area contributed by atoms with E-state index in [2.05, 4.69) is 0 Å². The molecule has 2 atom stereocenters. The van der Waals surface area contributed by atoms with E-state index < -0.39 is 22.3 Å². The molecule has 18 heavy (non-hydrogen) atoms. The molecule has 0 aliphatic rings. The number of hydrogen-bond acceptors (Lipinski definition) is 5. The summed E-state index contributed by atoms with van der Waals surface area (Å²) < 4.78 is 30.0. The van der Waals surface area contributed by atoms with Crippen LogP contribution in [0.1, 0.15) is 28.1 Å². The standard InChI is InChI=1S/C10H23NO5S.Li.H/c1-3-9(12)7-11(8-10(13)4-2)5-6-17(14,15)16;;/h9-10,12-13H,3-8H2,1-2H3,(H,14,15,16);;/q;+1;-1. The number of aliphatic hydroxyl groups is 2. The molecule has 0 aliphatic heterocycles. The van der Waals surface area contributed by atoms with Crippen molar-refractivity contribution < 1.29 is 43.5 Å². The summed E-state index contributed by atoms with van der Waals surface area (Å²) in [5.41, 5.74) is 0. The van der Waals surface area contributed by atoms with Gasteiger partial charge in [-0.3, -0.25) is 9.45 Å². The Morgan fingerprint density at radius 2 is 1.50 bits per heavy atom. The molecule has 0 fully saturated rings. The van der Waals surface area contributed by atoms with Crippen molar-refractivity contribution in [3.8, 4) is 0 Å². The second kappa shape index (κ2) is 10.2. The van der Waals surface area contributed by atoms with Crippen LogP contribution in [0.3, 0.4) is 0 Å². The topological polar surface area (TPSA) is 98.1 Å². The fourth-order valence-electron chi connectivity index (χ4n) is 1.36. The molecule has 0 saturated carbocycles. The van der Waals surface area contributed by atoms with Gasteiger partial charge in [-0.2, -0.15) is 8.42 Å². The van der Waals surface area contributed by atoms with Crippen LogP contribution in [-0.2, 0) is 10.1 Å². The van der Waals surface area contributed by atoms with Gasteiger partial charge in [-0.1, -0.05) is 13.8 Å². The van der Waals surface area contributed by atoms with Gasteiger partial charge in [-0.15, -0.1) is 0 Å². The summed E-state index contributed by atoms with van der Waals surface area (Å²) in [7, 11) is -4.01. The maximum atomic E-state index is 10.7. The maximum absolute atomic E-state index is 10.7. The van der Waals surface area contributed by atoms with Crippen LogP contribution in [0.2, 0.25) is 0 Å². The van der Waals surface area contributed by atoms with E-state index in [4.69, 9.17) is 4.55 Å². The predicted molar refractivity (Wildman–Crippen MR) is 66.6 cm³/mol. The number of hydrogen-bond donors (Lipinski definition) is 3. The summed E-state index contributed by atoms with van der Waals surface area (Å²) >= 11 is 0. The molecule has 0 aromatic heterocycles. The number of rotatable bonds is 9. The molecular formula is C10H24LiNO5S. The van der Waals surface area contributed by atoms with Crippen LogP contribution >= 0.6 is 0 Å². The van der Waals surface area contributed by atoms with E-state index in [0.717, 1.165) is 0 Å². The Morgan fingerprint density at radius 3 is 1.78 bits per heavy atom. The fraction of sp³-hybridized carbons (Fsp3) is 1.00. The van der Waals surface area contributed by atoms with Gasteiger partial charge in [0, 0.05) is 19.6 Å². The van der Waals surface area contributed by atoms with Crippen LogP contribution in [0.15, 0.2) is 0 Å². The van der Waals surface area contributed by atoms with Crippen molar-refractivity contribution in [2.24, 2.45) is 0 Å². The van der Waals surface area contributed by atoms with E-state index in [1.807, 2.05) is 13.8 Å². The van der Waals surface area contributed by atoms with Gasteiger partial charge in [0.25, 0.3) is 10.1 Å². The summed E-state index contributed by atoms with van der Waals surface area (Å²) in [6, 6.07) is 0. The first-order chi connectivity index (χ1) is 7.78. The second-order valence-electron chi connectivity index (χ2n) is 4.17. The zero-order valence-electron chi connectivity index (χ0n) is 12.4. The maximum Gasteiger partial charge on any atom is 1.00 e. The average molecular weight is 277 g/mol. The Labute approximate surface area is 123 Å². The van der Waals surface area contributed by atoms with Crippen molar-refractivity contribution in [2.45, 2.75) is 38.9 Å². The van der Waals surface area contributed by atoms with Gasteiger partial charge in [-0.25, -0.2) is 0 Å². The van der Waals surface area contributed by atoms with Crippen molar-refractivity contribution in [1.82, 2.24) is 4.90 Å². The Kier molecular flexibility index (Phi) is 11.7. The summed E-state index contributed by atoms with van der Waals surface area (Å²) in [6.45, 7) is 4.34. The molecule has 2 unspecified atom stereocenters. The smallest absolute Gasteiger partial charge is 1.00 e. The first-order valence-corrected chi connectivity index (χ1v) is 7.43.